The van der Waals surface area contributed by atoms with Crippen LogP contribution in [0.15, 0.2) is 12.4 Å². The lowest BCUT2D eigenvalue weighted by molar-refractivity contribution is -0.133. The lowest BCUT2D eigenvalue weighted by Crippen LogP contribution is -2.57. The first-order valence-electron chi connectivity index (χ1n) is 7.66. The van der Waals surface area contributed by atoms with Crippen molar-refractivity contribution >= 4 is 5.95 Å². The SMILES string of the molecule is CC(C)NCc1cnc(N2CC(C)(C)OC(C)(C)C2)nc1. The van der Waals surface area contributed by atoms with Crippen molar-refractivity contribution in [1.82, 2.24) is 15.3 Å². The van der Waals surface area contributed by atoms with Crippen molar-refractivity contribution in [1.29, 1.82) is 0 Å². The fraction of sp³-hybridized carbons (Fsp3) is 0.750. The third kappa shape index (κ3) is 4.64. The second-order valence-corrected chi connectivity index (χ2v) is 7.40. The van der Waals surface area contributed by atoms with Crippen molar-refractivity contribution < 1.29 is 4.74 Å². The molecule has 0 unspecified atom stereocenters. The van der Waals surface area contributed by atoms with Crippen molar-refractivity contribution in [3.63, 3.8) is 0 Å². The normalized spacial score (nSPS) is 20.8. The van der Waals surface area contributed by atoms with Crippen molar-refractivity contribution in [2.24, 2.45) is 0 Å². The van der Waals surface area contributed by atoms with Crippen LogP contribution in [0.4, 0.5) is 5.95 Å². The number of hydrogen-bond donors (Lipinski definition) is 1. The van der Waals surface area contributed by atoms with E-state index in [4.69, 9.17) is 4.74 Å². The van der Waals surface area contributed by atoms with Crippen LogP contribution in [0, 0.1) is 0 Å². The van der Waals surface area contributed by atoms with Crippen molar-refractivity contribution in [3.8, 4) is 0 Å². The number of aromatic nitrogens is 2. The van der Waals surface area contributed by atoms with Crippen LogP contribution in [0.5, 0.6) is 0 Å². The zero-order valence-electron chi connectivity index (χ0n) is 14.1. The van der Waals surface area contributed by atoms with Gasteiger partial charge in [0.1, 0.15) is 0 Å². The van der Waals surface area contributed by atoms with E-state index in [0.717, 1.165) is 31.1 Å². The number of nitrogens with zero attached hydrogens (tertiary/aromatic N) is 3. The molecule has 5 heteroatoms. The number of rotatable bonds is 4. The molecule has 0 spiro atoms. The Balaban J connectivity index is 2.07. The van der Waals surface area contributed by atoms with E-state index in [1.54, 1.807) is 0 Å². The molecule has 1 N–H and O–H groups in total. The Morgan fingerprint density at radius 1 is 1.14 bits per heavy atom. The molecule has 118 valence electrons. The molecule has 1 fully saturated rings. The average molecular weight is 292 g/mol. The van der Waals surface area contributed by atoms with E-state index in [9.17, 15) is 0 Å². The van der Waals surface area contributed by atoms with E-state index in [2.05, 4.69) is 61.7 Å². The number of anilines is 1. The Bertz CT molecular complexity index is 452. The van der Waals surface area contributed by atoms with E-state index >= 15 is 0 Å². The van der Waals surface area contributed by atoms with Gasteiger partial charge in [-0.25, -0.2) is 9.97 Å². The molecular weight excluding hydrogens is 264 g/mol. The highest BCUT2D eigenvalue weighted by atomic mass is 16.5. The minimum absolute atomic E-state index is 0.191. The lowest BCUT2D eigenvalue weighted by atomic mass is 9.99. The highest BCUT2D eigenvalue weighted by Gasteiger charge is 2.38. The second kappa shape index (κ2) is 5.89. The summed E-state index contributed by atoms with van der Waals surface area (Å²) in [5.41, 5.74) is 0.727. The van der Waals surface area contributed by atoms with Crippen LogP contribution < -0.4 is 10.2 Å². The Morgan fingerprint density at radius 2 is 1.67 bits per heavy atom. The Kier molecular flexibility index (Phi) is 4.54. The van der Waals surface area contributed by atoms with Crippen molar-refractivity contribution in [3.05, 3.63) is 18.0 Å². The van der Waals surface area contributed by atoms with Crippen LogP contribution in [-0.2, 0) is 11.3 Å². The molecular formula is C16H28N4O. The fourth-order valence-corrected chi connectivity index (χ4v) is 2.85. The van der Waals surface area contributed by atoms with E-state index in [1.807, 2.05) is 12.4 Å². The van der Waals surface area contributed by atoms with E-state index in [0.29, 0.717) is 6.04 Å². The summed E-state index contributed by atoms with van der Waals surface area (Å²) in [7, 11) is 0. The summed E-state index contributed by atoms with van der Waals surface area (Å²) >= 11 is 0. The summed E-state index contributed by atoms with van der Waals surface area (Å²) in [4.78, 5) is 11.3. The Morgan fingerprint density at radius 3 is 2.14 bits per heavy atom. The van der Waals surface area contributed by atoms with Gasteiger partial charge < -0.3 is 15.0 Å². The molecule has 0 aromatic carbocycles. The zero-order valence-corrected chi connectivity index (χ0v) is 14.1. The smallest absolute Gasteiger partial charge is 0.225 e. The van der Waals surface area contributed by atoms with E-state index in [-0.39, 0.29) is 11.2 Å². The van der Waals surface area contributed by atoms with E-state index in [1.165, 1.54) is 0 Å². The number of nitrogens with one attached hydrogen (secondary N) is 1. The first-order valence-corrected chi connectivity index (χ1v) is 7.66. The third-order valence-electron chi connectivity index (χ3n) is 3.38. The van der Waals surface area contributed by atoms with Crippen molar-refractivity contribution in [2.45, 2.75) is 65.3 Å². The van der Waals surface area contributed by atoms with Crippen molar-refractivity contribution in [2.75, 3.05) is 18.0 Å². The molecule has 21 heavy (non-hydrogen) atoms. The van der Waals surface area contributed by atoms with Crippen LogP contribution in [0.1, 0.15) is 47.1 Å². The number of hydrogen-bond acceptors (Lipinski definition) is 5. The molecule has 0 radical (unpaired) electrons. The predicted molar refractivity (Wildman–Crippen MR) is 85.5 cm³/mol. The molecule has 1 saturated heterocycles. The molecule has 1 aromatic heterocycles. The van der Waals surface area contributed by atoms with Gasteiger partial charge in [-0.05, 0) is 27.7 Å². The number of ether oxygens (including phenoxy) is 1. The minimum atomic E-state index is -0.191. The molecule has 5 nitrogen and oxygen atoms in total. The molecule has 0 atom stereocenters. The zero-order chi connectivity index (χ0) is 15.7. The second-order valence-electron chi connectivity index (χ2n) is 7.40. The molecule has 2 rings (SSSR count). The van der Waals surface area contributed by atoms with Gasteiger partial charge in [0, 0.05) is 43.6 Å². The third-order valence-corrected chi connectivity index (χ3v) is 3.38. The molecule has 0 aliphatic carbocycles. The Hall–Kier alpha value is -1.20. The topological polar surface area (TPSA) is 50.3 Å². The van der Waals surface area contributed by atoms with Gasteiger partial charge in [0.25, 0.3) is 0 Å². The van der Waals surface area contributed by atoms with Crippen LogP contribution in [0.2, 0.25) is 0 Å². The van der Waals surface area contributed by atoms with Gasteiger partial charge in [0.15, 0.2) is 0 Å². The lowest BCUT2D eigenvalue weighted by Gasteiger charge is -2.47. The summed E-state index contributed by atoms with van der Waals surface area (Å²) < 4.78 is 6.09. The summed E-state index contributed by atoms with van der Waals surface area (Å²) in [6.45, 7) is 15.1. The number of morpholine rings is 1. The summed E-state index contributed by atoms with van der Waals surface area (Å²) in [5, 5.41) is 3.37. The molecule has 1 aliphatic rings. The minimum Gasteiger partial charge on any atom is -0.366 e. The van der Waals surface area contributed by atoms with Gasteiger partial charge in [-0.15, -0.1) is 0 Å². The average Bonchev–Trinajstić information content (AvgIpc) is 2.33. The molecule has 2 heterocycles. The first kappa shape index (κ1) is 16.2. The highest BCUT2D eigenvalue weighted by Crippen LogP contribution is 2.29. The van der Waals surface area contributed by atoms with Gasteiger partial charge >= 0.3 is 0 Å². The summed E-state index contributed by atoms with van der Waals surface area (Å²) in [6, 6.07) is 0.463. The maximum Gasteiger partial charge on any atom is 0.225 e. The van der Waals surface area contributed by atoms with Crippen LogP contribution >= 0.6 is 0 Å². The van der Waals surface area contributed by atoms with Gasteiger partial charge in [0.2, 0.25) is 5.95 Å². The maximum atomic E-state index is 6.09. The first-order chi connectivity index (χ1) is 9.67. The standard InChI is InChI=1S/C16H28N4O/c1-12(2)17-7-13-8-18-14(19-9-13)20-10-15(3,4)21-16(5,6)11-20/h8-9,12,17H,7,10-11H2,1-6H3. The Labute approximate surface area is 128 Å². The van der Waals surface area contributed by atoms with Crippen LogP contribution in [-0.4, -0.2) is 40.3 Å². The van der Waals surface area contributed by atoms with Gasteiger partial charge in [-0.1, -0.05) is 13.8 Å². The molecule has 0 amide bonds. The highest BCUT2D eigenvalue weighted by molar-refractivity contribution is 5.32. The quantitative estimate of drug-likeness (QED) is 0.923. The predicted octanol–water partition coefficient (Wildman–Crippen LogP) is 2.37. The van der Waals surface area contributed by atoms with Gasteiger partial charge in [-0.2, -0.15) is 0 Å². The summed E-state index contributed by atoms with van der Waals surface area (Å²) in [6.07, 6.45) is 3.82. The van der Waals surface area contributed by atoms with Crippen LogP contribution in [0.25, 0.3) is 0 Å². The fourth-order valence-electron chi connectivity index (χ4n) is 2.85. The molecule has 0 saturated carbocycles. The monoisotopic (exact) mass is 292 g/mol. The molecule has 1 aromatic rings. The van der Waals surface area contributed by atoms with Crippen LogP contribution in [0.3, 0.4) is 0 Å². The molecule has 1 aliphatic heterocycles. The maximum absolute atomic E-state index is 6.09. The van der Waals surface area contributed by atoms with Gasteiger partial charge in [-0.3, -0.25) is 0 Å². The summed E-state index contributed by atoms with van der Waals surface area (Å²) in [5.74, 6) is 0.785. The van der Waals surface area contributed by atoms with Gasteiger partial charge in [0.05, 0.1) is 11.2 Å². The largest absolute Gasteiger partial charge is 0.366 e. The molecule has 0 bridgehead atoms. The van der Waals surface area contributed by atoms with E-state index < -0.39 is 0 Å².